The number of nitrogen functional groups attached to an aromatic ring is 1. The van der Waals surface area contributed by atoms with Crippen molar-refractivity contribution in [2.75, 3.05) is 18.8 Å². The van der Waals surface area contributed by atoms with Crippen molar-refractivity contribution in [2.24, 2.45) is 0 Å². The van der Waals surface area contributed by atoms with Gasteiger partial charge in [-0.05, 0) is 76.3 Å². The molecule has 166 valence electrons. The summed E-state index contributed by atoms with van der Waals surface area (Å²) in [5, 5.41) is 0.785. The maximum absolute atomic E-state index is 13.4. The molecule has 1 aromatic carbocycles. The standard InChI is InChI=1S/C24H31N3O3S/c1-24(2,3)30-23(29)26-14-12-19(13-15-26)27(18-8-9-18)22(28)17-6-4-16(5-7-17)20-10-11-21(25)31-20/h4-7,10-11,18-19H,8-9,12-15,25H2,1-3H3. The van der Waals surface area contributed by atoms with Crippen molar-refractivity contribution >= 4 is 28.3 Å². The van der Waals surface area contributed by atoms with Crippen LogP contribution in [-0.4, -0.2) is 52.6 Å². The van der Waals surface area contributed by atoms with Crippen LogP contribution in [0.25, 0.3) is 10.4 Å². The van der Waals surface area contributed by atoms with E-state index < -0.39 is 5.60 Å². The van der Waals surface area contributed by atoms with Gasteiger partial charge in [-0.1, -0.05) is 12.1 Å². The highest BCUT2D eigenvalue weighted by Crippen LogP contribution is 2.34. The summed E-state index contributed by atoms with van der Waals surface area (Å²) in [4.78, 5) is 30.7. The fourth-order valence-electron chi connectivity index (χ4n) is 4.07. The van der Waals surface area contributed by atoms with Crippen LogP contribution < -0.4 is 5.73 Å². The lowest BCUT2D eigenvalue weighted by molar-refractivity contribution is 0.0142. The Morgan fingerprint density at radius 2 is 1.61 bits per heavy atom. The highest BCUT2D eigenvalue weighted by Gasteiger charge is 2.39. The van der Waals surface area contributed by atoms with Gasteiger partial charge in [-0.15, -0.1) is 11.3 Å². The molecule has 0 radical (unpaired) electrons. The van der Waals surface area contributed by atoms with Gasteiger partial charge < -0.3 is 20.3 Å². The van der Waals surface area contributed by atoms with Crippen molar-refractivity contribution in [3.05, 3.63) is 42.0 Å². The number of anilines is 1. The number of piperidine rings is 1. The average molecular weight is 442 g/mol. The molecule has 0 unspecified atom stereocenters. The molecule has 2 aliphatic rings. The second kappa shape index (κ2) is 8.54. The van der Waals surface area contributed by atoms with Gasteiger partial charge in [-0.2, -0.15) is 0 Å². The van der Waals surface area contributed by atoms with E-state index in [0.717, 1.165) is 46.7 Å². The molecule has 31 heavy (non-hydrogen) atoms. The molecule has 2 N–H and O–H groups in total. The van der Waals surface area contributed by atoms with Crippen LogP contribution >= 0.6 is 11.3 Å². The van der Waals surface area contributed by atoms with Crippen LogP contribution in [0.15, 0.2) is 36.4 Å². The van der Waals surface area contributed by atoms with Gasteiger partial charge >= 0.3 is 6.09 Å². The molecule has 1 saturated heterocycles. The normalized spacial score (nSPS) is 17.5. The molecule has 0 atom stereocenters. The van der Waals surface area contributed by atoms with E-state index >= 15 is 0 Å². The third-order valence-electron chi connectivity index (χ3n) is 5.73. The van der Waals surface area contributed by atoms with E-state index in [1.165, 1.54) is 0 Å². The molecular formula is C24H31N3O3S. The smallest absolute Gasteiger partial charge is 0.410 e. The number of benzene rings is 1. The summed E-state index contributed by atoms with van der Waals surface area (Å²) in [6, 6.07) is 12.2. The van der Waals surface area contributed by atoms with Crippen molar-refractivity contribution in [3.63, 3.8) is 0 Å². The number of hydrogen-bond acceptors (Lipinski definition) is 5. The molecule has 0 spiro atoms. The van der Waals surface area contributed by atoms with Crippen molar-refractivity contribution < 1.29 is 14.3 Å². The average Bonchev–Trinajstić information content (AvgIpc) is 3.46. The first kappa shape index (κ1) is 21.7. The van der Waals surface area contributed by atoms with E-state index in [4.69, 9.17) is 10.5 Å². The lowest BCUT2D eigenvalue weighted by atomic mass is 10.0. The molecule has 2 aromatic rings. The van der Waals surface area contributed by atoms with Gasteiger partial charge in [0.2, 0.25) is 0 Å². The molecule has 4 rings (SSSR count). The van der Waals surface area contributed by atoms with E-state index in [2.05, 4.69) is 4.90 Å². The zero-order chi connectivity index (χ0) is 22.2. The van der Waals surface area contributed by atoms with Crippen LogP contribution in [0, 0.1) is 0 Å². The van der Waals surface area contributed by atoms with Crippen LogP contribution in [0.2, 0.25) is 0 Å². The molecular weight excluding hydrogens is 410 g/mol. The minimum absolute atomic E-state index is 0.0930. The number of carbonyl (C=O) groups excluding carboxylic acids is 2. The first-order valence-electron chi connectivity index (χ1n) is 11.0. The Morgan fingerprint density at radius 1 is 1.00 bits per heavy atom. The van der Waals surface area contributed by atoms with Crippen molar-refractivity contribution in [1.29, 1.82) is 0 Å². The maximum Gasteiger partial charge on any atom is 0.410 e. The zero-order valence-electron chi connectivity index (χ0n) is 18.5. The number of nitrogens with two attached hydrogens (primary N) is 1. The molecule has 1 aliphatic heterocycles. The summed E-state index contributed by atoms with van der Waals surface area (Å²) in [5.41, 5.74) is 7.13. The fourth-order valence-corrected chi connectivity index (χ4v) is 4.85. The van der Waals surface area contributed by atoms with Crippen LogP contribution in [0.4, 0.5) is 9.80 Å². The molecule has 2 amide bonds. The SMILES string of the molecule is CC(C)(C)OC(=O)N1CCC(N(C(=O)c2ccc(-c3ccc(N)s3)cc2)C2CC2)CC1. The number of nitrogens with zero attached hydrogens (tertiary/aromatic N) is 2. The Kier molecular flexibility index (Phi) is 5.97. The number of thiophene rings is 1. The Balaban J connectivity index is 1.41. The van der Waals surface area contributed by atoms with Crippen LogP contribution in [0.1, 0.15) is 56.8 Å². The summed E-state index contributed by atoms with van der Waals surface area (Å²) < 4.78 is 5.50. The van der Waals surface area contributed by atoms with E-state index in [0.29, 0.717) is 19.1 Å². The van der Waals surface area contributed by atoms with Crippen LogP contribution in [-0.2, 0) is 4.74 Å². The quantitative estimate of drug-likeness (QED) is 0.724. The summed E-state index contributed by atoms with van der Waals surface area (Å²) >= 11 is 1.54. The minimum Gasteiger partial charge on any atom is -0.444 e. The fraction of sp³-hybridized carbons (Fsp3) is 0.500. The Labute approximate surface area is 188 Å². The molecule has 0 bridgehead atoms. The number of likely N-dealkylation sites (tertiary alicyclic amines) is 1. The first-order chi connectivity index (χ1) is 14.7. The summed E-state index contributed by atoms with van der Waals surface area (Å²) in [6.07, 6.45) is 3.43. The van der Waals surface area contributed by atoms with Gasteiger partial charge in [-0.25, -0.2) is 4.79 Å². The number of carbonyl (C=O) groups is 2. The topological polar surface area (TPSA) is 75.9 Å². The van der Waals surface area contributed by atoms with E-state index in [1.54, 1.807) is 16.2 Å². The summed E-state index contributed by atoms with van der Waals surface area (Å²) in [6.45, 7) is 6.88. The van der Waals surface area contributed by atoms with E-state index in [9.17, 15) is 9.59 Å². The van der Waals surface area contributed by atoms with Gasteiger partial charge in [-0.3, -0.25) is 4.79 Å². The first-order valence-corrected chi connectivity index (χ1v) is 11.8. The molecule has 2 heterocycles. The van der Waals surface area contributed by atoms with Gasteiger partial charge in [0.1, 0.15) is 5.60 Å². The van der Waals surface area contributed by atoms with Gasteiger partial charge in [0, 0.05) is 35.6 Å². The van der Waals surface area contributed by atoms with Crippen molar-refractivity contribution in [3.8, 4) is 10.4 Å². The Morgan fingerprint density at radius 3 is 2.13 bits per heavy atom. The summed E-state index contributed by atoms with van der Waals surface area (Å²) in [7, 11) is 0. The Bertz CT molecular complexity index is 936. The minimum atomic E-state index is -0.495. The van der Waals surface area contributed by atoms with Crippen molar-refractivity contribution in [1.82, 2.24) is 9.80 Å². The number of ether oxygens (including phenoxy) is 1. The Hall–Kier alpha value is -2.54. The number of rotatable bonds is 4. The van der Waals surface area contributed by atoms with E-state index in [1.807, 2.05) is 57.2 Å². The third kappa shape index (κ3) is 5.21. The number of amides is 2. The zero-order valence-corrected chi connectivity index (χ0v) is 19.3. The lowest BCUT2D eigenvalue weighted by Gasteiger charge is -2.39. The largest absolute Gasteiger partial charge is 0.444 e. The third-order valence-corrected chi connectivity index (χ3v) is 6.69. The van der Waals surface area contributed by atoms with Gasteiger partial charge in [0.15, 0.2) is 0 Å². The molecule has 1 aromatic heterocycles. The molecule has 6 nitrogen and oxygen atoms in total. The van der Waals surface area contributed by atoms with Gasteiger partial charge in [0.05, 0.1) is 5.00 Å². The van der Waals surface area contributed by atoms with Crippen LogP contribution in [0.3, 0.4) is 0 Å². The maximum atomic E-state index is 13.4. The second-order valence-corrected chi connectivity index (χ2v) is 10.5. The molecule has 1 aliphatic carbocycles. The lowest BCUT2D eigenvalue weighted by Crippen LogP contribution is -2.50. The van der Waals surface area contributed by atoms with Crippen LogP contribution in [0.5, 0.6) is 0 Å². The second-order valence-electron chi connectivity index (χ2n) is 9.42. The van der Waals surface area contributed by atoms with Gasteiger partial charge in [0.25, 0.3) is 5.91 Å². The summed E-state index contributed by atoms with van der Waals surface area (Å²) in [5.74, 6) is 0.0930. The molecule has 1 saturated carbocycles. The molecule has 2 fully saturated rings. The predicted molar refractivity (Wildman–Crippen MR) is 124 cm³/mol. The molecule has 7 heteroatoms. The monoisotopic (exact) mass is 441 g/mol. The highest BCUT2D eigenvalue weighted by atomic mass is 32.1. The number of hydrogen-bond donors (Lipinski definition) is 1. The highest BCUT2D eigenvalue weighted by molar-refractivity contribution is 7.19. The van der Waals surface area contributed by atoms with Crippen molar-refractivity contribution in [2.45, 2.75) is 64.1 Å². The van der Waals surface area contributed by atoms with E-state index in [-0.39, 0.29) is 18.0 Å². The predicted octanol–water partition coefficient (Wildman–Crippen LogP) is 5.00.